The van der Waals surface area contributed by atoms with Gasteiger partial charge in [0.05, 0.1) is 6.61 Å². The standard InChI is InChI=1S/C19H21ClN2O2/c1-3-5-6-7-8-9-18-21-17(19(23)24-4-2)14-22(18)16-12-10-15(20)11-13-16/h5-8,10-14H,3-4,9H2,1-2H3/b6-5-,8-7-. The molecule has 126 valence electrons. The van der Waals surface area contributed by atoms with Gasteiger partial charge in [0.1, 0.15) is 5.82 Å². The summed E-state index contributed by atoms with van der Waals surface area (Å²) in [5.74, 6) is 0.350. The fraction of sp³-hybridized carbons (Fsp3) is 0.263. The van der Waals surface area contributed by atoms with Crippen molar-refractivity contribution in [3.63, 3.8) is 0 Å². The molecule has 0 atom stereocenters. The van der Waals surface area contributed by atoms with E-state index in [0.717, 1.165) is 17.9 Å². The van der Waals surface area contributed by atoms with Gasteiger partial charge in [-0.3, -0.25) is 0 Å². The average molecular weight is 345 g/mol. The van der Waals surface area contributed by atoms with Crippen molar-refractivity contribution in [1.29, 1.82) is 0 Å². The van der Waals surface area contributed by atoms with Crippen molar-refractivity contribution >= 4 is 17.6 Å². The Hall–Kier alpha value is -2.33. The number of benzene rings is 1. The summed E-state index contributed by atoms with van der Waals surface area (Å²) in [7, 11) is 0. The average Bonchev–Trinajstić information content (AvgIpc) is 3.00. The quantitative estimate of drug-likeness (QED) is 0.537. The molecule has 5 heteroatoms. The second kappa shape index (κ2) is 9.08. The maximum Gasteiger partial charge on any atom is 0.358 e. The van der Waals surface area contributed by atoms with Gasteiger partial charge in [-0.05, 0) is 37.6 Å². The summed E-state index contributed by atoms with van der Waals surface area (Å²) in [5.41, 5.74) is 1.20. The van der Waals surface area contributed by atoms with Crippen LogP contribution in [0, 0.1) is 0 Å². The summed E-state index contributed by atoms with van der Waals surface area (Å²) in [6, 6.07) is 7.40. The zero-order valence-corrected chi connectivity index (χ0v) is 14.7. The number of carbonyl (C=O) groups is 1. The molecule has 0 spiro atoms. The maximum atomic E-state index is 12.0. The van der Waals surface area contributed by atoms with Crippen molar-refractivity contribution in [3.05, 3.63) is 71.3 Å². The molecule has 1 aromatic heterocycles. The van der Waals surface area contributed by atoms with Crippen LogP contribution in [0.3, 0.4) is 0 Å². The number of carbonyl (C=O) groups excluding carboxylic acids is 1. The van der Waals surface area contributed by atoms with E-state index in [9.17, 15) is 4.79 Å². The number of hydrogen-bond donors (Lipinski definition) is 0. The van der Waals surface area contributed by atoms with Gasteiger partial charge >= 0.3 is 5.97 Å². The molecule has 24 heavy (non-hydrogen) atoms. The summed E-state index contributed by atoms with van der Waals surface area (Å²) in [6.07, 6.45) is 11.4. The highest BCUT2D eigenvalue weighted by molar-refractivity contribution is 6.30. The third kappa shape index (κ3) is 4.83. The molecule has 1 heterocycles. The monoisotopic (exact) mass is 344 g/mol. The van der Waals surface area contributed by atoms with E-state index in [-0.39, 0.29) is 0 Å². The largest absolute Gasteiger partial charge is 0.461 e. The molecule has 0 amide bonds. The Kier molecular flexibility index (Phi) is 6.82. The third-order valence-electron chi connectivity index (χ3n) is 3.29. The van der Waals surface area contributed by atoms with E-state index < -0.39 is 5.97 Å². The zero-order chi connectivity index (χ0) is 17.4. The predicted molar refractivity (Wildman–Crippen MR) is 96.8 cm³/mol. The lowest BCUT2D eigenvalue weighted by molar-refractivity contribution is 0.0520. The summed E-state index contributed by atoms with van der Waals surface area (Å²) in [6.45, 7) is 4.19. The molecule has 0 N–H and O–H groups in total. The van der Waals surface area contributed by atoms with E-state index in [0.29, 0.717) is 23.7 Å². The van der Waals surface area contributed by atoms with Crippen LogP contribution in [-0.4, -0.2) is 22.1 Å². The van der Waals surface area contributed by atoms with Gasteiger partial charge in [0.2, 0.25) is 0 Å². The fourth-order valence-electron chi connectivity index (χ4n) is 2.16. The van der Waals surface area contributed by atoms with Gasteiger partial charge in [0.25, 0.3) is 0 Å². The molecular weight excluding hydrogens is 324 g/mol. The van der Waals surface area contributed by atoms with Gasteiger partial charge in [-0.1, -0.05) is 42.8 Å². The number of esters is 1. The Balaban J connectivity index is 2.31. The van der Waals surface area contributed by atoms with E-state index in [2.05, 4.69) is 18.0 Å². The van der Waals surface area contributed by atoms with Crippen LogP contribution in [0.5, 0.6) is 0 Å². The Morgan fingerprint density at radius 3 is 2.58 bits per heavy atom. The van der Waals surface area contributed by atoms with Crippen molar-refractivity contribution in [3.8, 4) is 5.69 Å². The molecule has 0 radical (unpaired) electrons. The van der Waals surface area contributed by atoms with Crippen molar-refractivity contribution in [2.75, 3.05) is 6.61 Å². The molecule has 0 aliphatic rings. The first-order valence-corrected chi connectivity index (χ1v) is 8.36. The van der Waals surface area contributed by atoms with Crippen LogP contribution in [0.15, 0.2) is 54.8 Å². The number of hydrogen-bond acceptors (Lipinski definition) is 3. The van der Waals surface area contributed by atoms with Gasteiger partial charge in [0.15, 0.2) is 5.69 Å². The topological polar surface area (TPSA) is 44.1 Å². The minimum Gasteiger partial charge on any atom is -0.461 e. The first kappa shape index (κ1) is 18.0. The van der Waals surface area contributed by atoms with Gasteiger partial charge < -0.3 is 9.30 Å². The molecule has 0 fully saturated rings. The van der Waals surface area contributed by atoms with Crippen LogP contribution in [0.2, 0.25) is 5.02 Å². The smallest absolute Gasteiger partial charge is 0.358 e. The molecular formula is C19H21ClN2O2. The second-order valence-corrected chi connectivity index (χ2v) is 5.51. The lowest BCUT2D eigenvalue weighted by atomic mass is 10.3. The van der Waals surface area contributed by atoms with E-state index in [1.165, 1.54) is 0 Å². The van der Waals surface area contributed by atoms with Crippen LogP contribution in [0.4, 0.5) is 0 Å². The van der Waals surface area contributed by atoms with Crippen LogP contribution in [-0.2, 0) is 11.2 Å². The molecule has 2 aromatic rings. The van der Waals surface area contributed by atoms with Gasteiger partial charge in [0, 0.05) is 23.3 Å². The Morgan fingerprint density at radius 1 is 1.21 bits per heavy atom. The number of imidazole rings is 1. The number of allylic oxidation sites excluding steroid dienone is 4. The fourth-order valence-corrected chi connectivity index (χ4v) is 2.28. The number of aromatic nitrogens is 2. The maximum absolute atomic E-state index is 12.0. The highest BCUT2D eigenvalue weighted by Crippen LogP contribution is 2.17. The van der Waals surface area contributed by atoms with Gasteiger partial charge in [-0.15, -0.1) is 0 Å². The number of nitrogens with zero attached hydrogens (tertiary/aromatic N) is 2. The summed E-state index contributed by atoms with van der Waals surface area (Å²) in [4.78, 5) is 16.4. The number of halogens is 1. The van der Waals surface area contributed by atoms with Gasteiger partial charge in [-0.25, -0.2) is 9.78 Å². The van der Waals surface area contributed by atoms with Gasteiger partial charge in [-0.2, -0.15) is 0 Å². The molecule has 0 unspecified atom stereocenters. The molecule has 0 saturated carbocycles. The van der Waals surface area contributed by atoms with Crippen molar-refractivity contribution in [2.24, 2.45) is 0 Å². The molecule has 0 bridgehead atoms. The summed E-state index contributed by atoms with van der Waals surface area (Å²) in [5, 5.41) is 0.663. The van der Waals surface area contributed by atoms with E-state index in [1.54, 1.807) is 13.1 Å². The minimum atomic E-state index is -0.415. The van der Waals surface area contributed by atoms with Crippen molar-refractivity contribution in [1.82, 2.24) is 9.55 Å². The first-order valence-electron chi connectivity index (χ1n) is 7.98. The zero-order valence-electron chi connectivity index (χ0n) is 13.9. The molecule has 0 saturated heterocycles. The molecule has 2 rings (SSSR count). The summed E-state index contributed by atoms with van der Waals surface area (Å²) < 4.78 is 6.93. The molecule has 4 nitrogen and oxygen atoms in total. The van der Waals surface area contributed by atoms with E-state index in [4.69, 9.17) is 16.3 Å². The van der Waals surface area contributed by atoms with Crippen molar-refractivity contribution in [2.45, 2.75) is 26.7 Å². The van der Waals surface area contributed by atoms with Crippen LogP contribution < -0.4 is 0 Å². The highest BCUT2D eigenvalue weighted by Gasteiger charge is 2.15. The highest BCUT2D eigenvalue weighted by atomic mass is 35.5. The van der Waals surface area contributed by atoms with E-state index >= 15 is 0 Å². The van der Waals surface area contributed by atoms with Crippen LogP contribution >= 0.6 is 11.6 Å². The molecule has 0 aliphatic heterocycles. The molecule has 0 aliphatic carbocycles. The Morgan fingerprint density at radius 2 is 1.92 bits per heavy atom. The Labute approximate surface area is 147 Å². The lowest BCUT2D eigenvalue weighted by Crippen LogP contribution is -2.04. The number of ether oxygens (including phenoxy) is 1. The minimum absolute atomic E-state index is 0.305. The summed E-state index contributed by atoms with van der Waals surface area (Å²) >= 11 is 5.95. The van der Waals surface area contributed by atoms with E-state index in [1.807, 2.05) is 47.1 Å². The van der Waals surface area contributed by atoms with Crippen LogP contribution in [0.1, 0.15) is 36.6 Å². The number of rotatable bonds is 7. The first-order chi connectivity index (χ1) is 11.7. The Bertz CT molecular complexity index is 730. The van der Waals surface area contributed by atoms with Crippen LogP contribution in [0.25, 0.3) is 5.69 Å². The molecule has 1 aromatic carbocycles. The normalized spacial score (nSPS) is 11.5. The lowest BCUT2D eigenvalue weighted by Gasteiger charge is -2.06. The third-order valence-corrected chi connectivity index (χ3v) is 3.54. The second-order valence-electron chi connectivity index (χ2n) is 5.08. The predicted octanol–water partition coefficient (Wildman–Crippen LogP) is 4.77. The SMILES string of the molecule is CC/C=C\C=C/Cc1nc(C(=O)OCC)cn1-c1ccc(Cl)cc1. The van der Waals surface area contributed by atoms with Crippen molar-refractivity contribution < 1.29 is 9.53 Å².